The molecule has 1 aliphatic rings. The van der Waals surface area contributed by atoms with Gasteiger partial charge in [-0.15, -0.1) is 0 Å². The summed E-state index contributed by atoms with van der Waals surface area (Å²) in [5, 5.41) is 12.7. The number of rotatable bonds is 7. The van der Waals surface area contributed by atoms with E-state index >= 15 is 0 Å². The van der Waals surface area contributed by atoms with Gasteiger partial charge in [0.25, 0.3) is 0 Å². The maximum absolute atomic E-state index is 12.2. The molecule has 138 valence electrons. The van der Waals surface area contributed by atoms with Crippen LogP contribution in [-0.4, -0.2) is 47.6 Å². The van der Waals surface area contributed by atoms with Crippen molar-refractivity contribution < 1.29 is 19.4 Å². The average Bonchev–Trinajstić information content (AvgIpc) is 2.57. The second kappa shape index (κ2) is 8.97. The highest BCUT2D eigenvalue weighted by Gasteiger charge is 2.37. The maximum atomic E-state index is 12.2. The van der Waals surface area contributed by atoms with Gasteiger partial charge in [-0.2, -0.15) is 0 Å². The van der Waals surface area contributed by atoms with E-state index in [1.165, 1.54) is 0 Å². The van der Waals surface area contributed by atoms with Gasteiger partial charge in [0.05, 0.1) is 12.6 Å². The highest BCUT2D eigenvalue weighted by atomic mass is 16.5. The van der Waals surface area contributed by atoms with Gasteiger partial charge < -0.3 is 20.1 Å². The van der Waals surface area contributed by atoms with Crippen molar-refractivity contribution in [2.24, 2.45) is 5.92 Å². The number of nitrogens with one attached hydrogen (secondary N) is 1. The van der Waals surface area contributed by atoms with E-state index in [1.807, 2.05) is 45.0 Å². The molecule has 0 radical (unpaired) electrons. The first-order valence-corrected chi connectivity index (χ1v) is 8.88. The zero-order valence-corrected chi connectivity index (χ0v) is 15.2. The molecule has 0 bridgehead atoms. The molecule has 1 aromatic carbocycles. The lowest BCUT2D eigenvalue weighted by molar-refractivity contribution is -0.161. The fraction of sp³-hybridized carbons (Fsp3) is 0.579. The normalized spacial score (nSPS) is 20.8. The Hall–Kier alpha value is -1.92. The predicted molar refractivity (Wildman–Crippen MR) is 96.1 cm³/mol. The first-order valence-electron chi connectivity index (χ1n) is 8.88. The largest absolute Gasteiger partial charge is 0.394 e. The third-order valence-corrected chi connectivity index (χ3v) is 4.21. The predicted octanol–water partition coefficient (Wildman–Crippen LogP) is 2.34. The van der Waals surface area contributed by atoms with E-state index in [2.05, 4.69) is 5.32 Å². The molecule has 0 unspecified atom stereocenters. The summed E-state index contributed by atoms with van der Waals surface area (Å²) in [6.45, 7) is 6.50. The monoisotopic (exact) mass is 348 g/mol. The molecule has 2 atom stereocenters. The second-order valence-electron chi connectivity index (χ2n) is 6.84. The smallest absolute Gasteiger partial charge is 0.249 e. The van der Waals surface area contributed by atoms with Gasteiger partial charge in [0.2, 0.25) is 11.8 Å². The van der Waals surface area contributed by atoms with Crippen LogP contribution in [0.5, 0.6) is 0 Å². The van der Waals surface area contributed by atoms with Gasteiger partial charge in [-0.05, 0) is 30.0 Å². The Balaban J connectivity index is 2.13. The van der Waals surface area contributed by atoms with Crippen molar-refractivity contribution in [3.05, 3.63) is 29.8 Å². The molecule has 2 rings (SSSR count). The van der Waals surface area contributed by atoms with E-state index in [4.69, 9.17) is 4.74 Å². The third kappa shape index (κ3) is 5.03. The molecule has 0 saturated carbocycles. The lowest BCUT2D eigenvalue weighted by Crippen LogP contribution is -2.53. The molecule has 1 aromatic rings. The summed E-state index contributed by atoms with van der Waals surface area (Å²) in [7, 11) is 0. The van der Waals surface area contributed by atoms with E-state index < -0.39 is 6.04 Å². The zero-order valence-electron chi connectivity index (χ0n) is 15.2. The van der Waals surface area contributed by atoms with Crippen molar-refractivity contribution in [2.45, 2.75) is 45.8 Å². The summed E-state index contributed by atoms with van der Waals surface area (Å²) in [5.74, 6) is 0.214. The summed E-state index contributed by atoms with van der Waals surface area (Å²) < 4.78 is 5.71. The molecular formula is C19H28N2O4. The molecule has 2 N–H and O–H groups in total. The van der Waals surface area contributed by atoms with Gasteiger partial charge in [-0.3, -0.25) is 9.59 Å². The van der Waals surface area contributed by atoms with Crippen LogP contribution in [0.25, 0.3) is 0 Å². The van der Waals surface area contributed by atoms with Crippen molar-refractivity contribution in [3.8, 4) is 0 Å². The molecular weight excluding hydrogens is 320 g/mol. The Labute approximate surface area is 149 Å². The summed E-state index contributed by atoms with van der Waals surface area (Å²) in [5.41, 5.74) is 1.61. The van der Waals surface area contributed by atoms with Crippen LogP contribution in [0.3, 0.4) is 0 Å². The minimum Gasteiger partial charge on any atom is -0.394 e. The zero-order chi connectivity index (χ0) is 18.4. The van der Waals surface area contributed by atoms with Crippen LogP contribution in [0.1, 0.15) is 45.3 Å². The molecule has 0 aromatic heterocycles. The van der Waals surface area contributed by atoms with Crippen LogP contribution >= 0.6 is 0 Å². The number of ether oxygens (including phenoxy) is 1. The number of nitrogens with zero attached hydrogens (tertiary/aromatic N) is 1. The van der Waals surface area contributed by atoms with Gasteiger partial charge in [-0.1, -0.05) is 32.9 Å². The van der Waals surface area contributed by atoms with Crippen LogP contribution in [-0.2, 0) is 14.3 Å². The van der Waals surface area contributed by atoms with Gasteiger partial charge in [0.1, 0.15) is 12.7 Å². The summed E-state index contributed by atoms with van der Waals surface area (Å²) in [6, 6.07) is 6.99. The Morgan fingerprint density at radius 3 is 2.60 bits per heavy atom. The lowest BCUT2D eigenvalue weighted by atomic mass is 9.98. The number of carbonyl (C=O) groups excluding carboxylic acids is 2. The van der Waals surface area contributed by atoms with E-state index in [9.17, 15) is 14.7 Å². The van der Waals surface area contributed by atoms with Crippen molar-refractivity contribution >= 4 is 17.5 Å². The number of benzene rings is 1. The summed E-state index contributed by atoms with van der Waals surface area (Å²) >= 11 is 0. The van der Waals surface area contributed by atoms with Crippen molar-refractivity contribution in [2.75, 3.05) is 25.1 Å². The fourth-order valence-corrected chi connectivity index (χ4v) is 3.05. The van der Waals surface area contributed by atoms with Crippen molar-refractivity contribution in [1.82, 2.24) is 4.90 Å². The average molecular weight is 348 g/mol. The fourth-order valence-electron chi connectivity index (χ4n) is 3.05. The summed E-state index contributed by atoms with van der Waals surface area (Å²) in [6.07, 6.45) is 0.922. The third-order valence-electron chi connectivity index (χ3n) is 4.21. The minimum atomic E-state index is -0.399. The van der Waals surface area contributed by atoms with E-state index in [0.29, 0.717) is 18.9 Å². The Morgan fingerprint density at radius 2 is 2.04 bits per heavy atom. The lowest BCUT2D eigenvalue weighted by Gasteiger charge is -2.41. The van der Waals surface area contributed by atoms with Gasteiger partial charge in [0.15, 0.2) is 0 Å². The van der Waals surface area contributed by atoms with Crippen LogP contribution in [0.15, 0.2) is 24.3 Å². The van der Waals surface area contributed by atoms with Gasteiger partial charge in [-0.25, -0.2) is 0 Å². The van der Waals surface area contributed by atoms with Gasteiger partial charge >= 0.3 is 0 Å². The number of carbonyl (C=O) groups is 2. The molecule has 25 heavy (non-hydrogen) atoms. The van der Waals surface area contributed by atoms with Crippen molar-refractivity contribution in [3.63, 3.8) is 0 Å². The Morgan fingerprint density at radius 1 is 1.36 bits per heavy atom. The van der Waals surface area contributed by atoms with Crippen molar-refractivity contribution in [1.29, 1.82) is 0 Å². The summed E-state index contributed by atoms with van der Waals surface area (Å²) in [4.78, 5) is 25.5. The van der Waals surface area contributed by atoms with Crippen LogP contribution in [0.4, 0.5) is 5.69 Å². The highest BCUT2D eigenvalue weighted by Crippen LogP contribution is 2.30. The number of amides is 2. The number of hydrogen-bond acceptors (Lipinski definition) is 4. The molecule has 1 aliphatic heterocycles. The van der Waals surface area contributed by atoms with E-state index in [0.717, 1.165) is 17.7 Å². The van der Waals surface area contributed by atoms with Gasteiger partial charge in [0, 0.05) is 18.7 Å². The number of hydrogen-bond donors (Lipinski definition) is 2. The number of aliphatic hydroxyl groups is 1. The first-order chi connectivity index (χ1) is 12.0. The molecule has 0 aliphatic carbocycles. The molecule has 2 amide bonds. The SMILES string of the molecule is CCCC(=O)Nc1ccc([C@H]2OCC(=O)N(CC(C)C)[C@@H]2CO)cc1. The molecule has 1 saturated heterocycles. The highest BCUT2D eigenvalue weighted by molar-refractivity contribution is 5.90. The topological polar surface area (TPSA) is 78.9 Å². The minimum absolute atomic E-state index is 0.00823. The van der Waals surface area contributed by atoms with Crippen LogP contribution < -0.4 is 5.32 Å². The second-order valence-corrected chi connectivity index (χ2v) is 6.84. The first kappa shape index (κ1) is 19.4. The van der Waals surface area contributed by atoms with Crippen LogP contribution in [0, 0.1) is 5.92 Å². The Kier molecular flexibility index (Phi) is 6.96. The van der Waals surface area contributed by atoms with E-state index in [-0.39, 0.29) is 31.1 Å². The molecule has 1 heterocycles. The Bertz CT molecular complexity index is 586. The number of morpholine rings is 1. The van der Waals surface area contributed by atoms with E-state index in [1.54, 1.807) is 4.90 Å². The quantitative estimate of drug-likeness (QED) is 0.793. The standard InChI is InChI=1S/C19H28N2O4/c1-4-5-17(23)20-15-8-6-14(7-9-15)19-16(11-22)21(10-13(2)3)18(24)12-25-19/h6-9,13,16,19,22H,4-5,10-12H2,1-3H3,(H,20,23)/t16-,19-/m1/s1. The number of anilines is 1. The number of aliphatic hydroxyl groups excluding tert-OH is 1. The molecule has 6 nitrogen and oxygen atoms in total. The molecule has 0 spiro atoms. The maximum Gasteiger partial charge on any atom is 0.249 e. The molecule has 6 heteroatoms. The molecule has 1 fully saturated rings. The van der Waals surface area contributed by atoms with Crippen LogP contribution in [0.2, 0.25) is 0 Å².